The van der Waals surface area contributed by atoms with Gasteiger partial charge in [0.1, 0.15) is 12.4 Å². The van der Waals surface area contributed by atoms with Crippen LogP contribution in [0.25, 0.3) is 0 Å². The average molecular weight is 291 g/mol. The Morgan fingerprint density at radius 1 is 1.30 bits per heavy atom. The fourth-order valence-corrected chi connectivity index (χ4v) is 2.80. The van der Waals surface area contributed by atoms with Gasteiger partial charge in [0.25, 0.3) is 0 Å². The van der Waals surface area contributed by atoms with Crippen molar-refractivity contribution in [3.8, 4) is 5.75 Å². The van der Waals surface area contributed by atoms with Gasteiger partial charge in [0, 0.05) is 17.6 Å². The Labute approximate surface area is 124 Å². The molecule has 0 radical (unpaired) electrons. The number of nitrogens with one attached hydrogen (secondary N) is 1. The van der Waals surface area contributed by atoms with Crippen LogP contribution in [0.3, 0.4) is 0 Å². The number of hydrogen-bond acceptors (Lipinski definition) is 5. The Balaban J connectivity index is 2.02. The minimum atomic E-state index is 0.502. The fourth-order valence-electron chi connectivity index (χ4n) is 1.92. The number of aryl methyl sites for hydroxylation is 2. The number of pyridine rings is 1. The highest BCUT2D eigenvalue weighted by atomic mass is 32.1. The molecule has 0 aromatic carbocycles. The maximum atomic E-state index is 5.86. The minimum Gasteiger partial charge on any atom is -0.485 e. The highest BCUT2D eigenvalue weighted by Gasteiger charge is 2.07. The first-order valence-corrected chi connectivity index (χ1v) is 7.78. The molecule has 20 heavy (non-hydrogen) atoms. The Morgan fingerprint density at radius 2 is 2.15 bits per heavy atom. The summed E-state index contributed by atoms with van der Waals surface area (Å²) in [5.74, 6) is 0.829. The second kappa shape index (κ2) is 7.36. The predicted molar refractivity (Wildman–Crippen MR) is 82.2 cm³/mol. The van der Waals surface area contributed by atoms with Gasteiger partial charge < -0.3 is 10.1 Å². The Hall–Kier alpha value is -1.46. The van der Waals surface area contributed by atoms with Crippen molar-refractivity contribution in [1.29, 1.82) is 0 Å². The lowest BCUT2D eigenvalue weighted by molar-refractivity contribution is 0.296. The molecule has 0 unspecified atom stereocenters. The lowest BCUT2D eigenvalue weighted by Gasteiger charge is -2.10. The molecule has 0 aliphatic heterocycles. The van der Waals surface area contributed by atoms with Crippen LogP contribution in [0.15, 0.2) is 17.5 Å². The van der Waals surface area contributed by atoms with Crippen LogP contribution in [0, 0.1) is 6.92 Å². The van der Waals surface area contributed by atoms with Crippen molar-refractivity contribution in [1.82, 2.24) is 15.3 Å². The van der Waals surface area contributed by atoms with E-state index in [0.29, 0.717) is 13.2 Å². The monoisotopic (exact) mass is 291 g/mol. The molecule has 2 aromatic heterocycles. The van der Waals surface area contributed by atoms with Gasteiger partial charge in [0.15, 0.2) is 0 Å². The fraction of sp³-hybridized carbons (Fsp3) is 0.467. The molecule has 0 aliphatic carbocycles. The third kappa shape index (κ3) is 4.02. The first kappa shape index (κ1) is 14.9. The molecule has 0 atom stereocenters. The molecule has 2 rings (SSSR count). The van der Waals surface area contributed by atoms with E-state index in [1.165, 1.54) is 5.01 Å². The van der Waals surface area contributed by atoms with E-state index in [0.717, 1.165) is 35.7 Å². The third-order valence-corrected chi connectivity index (χ3v) is 3.81. The van der Waals surface area contributed by atoms with Gasteiger partial charge in [-0.2, -0.15) is 0 Å². The van der Waals surface area contributed by atoms with E-state index < -0.39 is 0 Å². The summed E-state index contributed by atoms with van der Waals surface area (Å²) in [5.41, 5.74) is 2.94. The van der Waals surface area contributed by atoms with Crippen molar-refractivity contribution < 1.29 is 4.74 Å². The van der Waals surface area contributed by atoms with Gasteiger partial charge >= 0.3 is 0 Å². The standard InChI is InChI=1S/C15H21N3OS/c1-4-5-15-18-12(10-20-15)9-19-14-7-6-11(2)17-13(14)8-16-3/h6-7,10,16H,4-5,8-9H2,1-3H3. The summed E-state index contributed by atoms with van der Waals surface area (Å²) >= 11 is 1.71. The van der Waals surface area contributed by atoms with Crippen LogP contribution in [-0.2, 0) is 19.6 Å². The predicted octanol–water partition coefficient (Wildman–Crippen LogP) is 3.10. The number of rotatable bonds is 7. The minimum absolute atomic E-state index is 0.502. The number of aromatic nitrogens is 2. The molecule has 0 spiro atoms. The maximum absolute atomic E-state index is 5.86. The second-order valence-electron chi connectivity index (χ2n) is 4.70. The van der Waals surface area contributed by atoms with E-state index in [9.17, 15) is 0 Å². The highest BCUT2D eigenvalue weighted by molar-refractivity contribution is 7.09. The van der Waals surface area contributed by atoms with Crippen molar-refractivity contribution in [2.45, 2.75) is 39.8 Å². The van der Waals surface area contributed by atoms with E-state index in [4.69, 9.17) is 4.74 Å². The van der Waals surface area contributed by atoms with E-state index in [-0.39, 0.29) is 0 Å². The van der Waals surface area contributed by atoms with Gasteiger partial charge in [0.2, 0.25) is 0 Å². The van der Waals surface area contributed by atoms with Crippen LogP contribution in [0.2, 0.25) is 0 Å². The number of nitrogens with zero attached hydrogens (tertiary/aromatic N) is 2. The van der Waals surface area contributed by atoms with Gasteiger partial charge in [-0.1, -0.05) is 6.92 Å². The molecule has 0 amide bonds. The largest absolute Gasteiger partial charge is 0.485 e. The van der Waals surface area contributed by atoms with Gasteiger partial charge in [-0.15, -0.1) is 11.3 Å². The summed E-state index contributed by atoms with van der Waals surface area (Å²) < 4.78 is 5.86. The summed E-state index contributed by atoms with van der Waals surface area (Å²) in [5, 5.41) is 6.37. The molecule has 0 saturated carbocycles. The van der Waals surface area contributed by atoms with Crippen LogP contribution in [0.5, 0.6) is 5.75 Å². The molecule has 0 fully saturated rings. The van der Waals surface area contributed by atoms with Gasteiger partial charge in [-0.25, -0.2) is 4.98 Å². The van der Waals surface area contributed by atoms with Crippen LogP contribution < -0.4 is 10.1 Å². The van der Waals surface area contributed by atoms with E-state index >= 15 is 0 Å². The Kier molecular flexibility index (Phi) is 5.49. The van der Waals surface area contributed by atoms with Crippen molar-refractivity contribution in [2.75, 3.05) is 7.05 Å². The number of hydrogen-bond donors (Lipinski definition) is 1. The maximum Gasteiger partial charge on any atom is 0.142 e. The molecule has 1 N–H and O–H groups in total. The SMILES string of the molecule is CCCc1nc(COc2ccc(C)nc2CNC)cs1. The van der Waals surface area contributed by atoms with Crippen LogP contribution in [-0.4, -0.2) is 17.0 Å². The summed E-state index contributed by atoms with van der Waals surface area (Å²) in [6, 6.07) is 3.95. The van der Waals surface area contributed by atoms with Crippen molar-refractivity contribution >= 4 is 11.3 Å². The van der Waals surface area contributed by atoms with Gasteiger partial charge in [0.05, 0.1) is 16.4 Å². The first-order valence-electron chi connectivity index (χ1n) is 6.90. The molecule has 0 bridgehead atoms. The molecule has 0 aliphatic rings. The molecule has 2 aromatic rings. The number of thiazole rings is 1. The van der Waals surface area contributed by atoms with E-state index in [1.54, 1.807) is 11.3 Å². The zero-order valence-corrected chi connectivity index (χ0v) is 13.1. The lowest BCUT2D eigenvalue weighted by Crippen LogP contribution is -2.10. The summed E-state index contributed by atoms with van der Waals surface area (Å²) in [4.78, 5) is 9.07. The Bertz CT molecular complexity index is 554. The smallest absolute Gasteiger partial charge is 0.142 e. The third-order valence-electron chi connectivity index (χ3n) is 2.85. The molecular formula is C15H21N3OS. The molecule has 5 heteroatoms. The second-order valence-corrected chi connectivity index (χ2v) is 5.64. The van der Waals surface area contributed by atoms with Gasteiger partial charge in [-0.3, -0.25) is 4.98 Å². The Morgan fingerprint density at radius 3 is 2.90 bits per heavy atom. The zero-order valence-electron chi connectivity index (χ0n) is 12.3. The first-order chi connectivity index (χ1) is 9.72. The molecule has 4 nitrogen and oxygen atoms in total. The number of ether oxygens (including phenoxy) is 1. The molecule has 108 valence electrons. The van der Waals surface area contributed by atoms with Crippen LogP contribution in [0.1, 0.15) is 35.4 Å². The van der Waals surface area contributed by atoms with E-state index in [1.807, 2.05) is 26.1 Å². The topological polar surface area (TPSA) is 47.0 Å². The summed E-state index contributed by atoms with van der Waals surface area (Å²) in [6.07, 6.45) is 2.17. The normalized spacial score (nSPS) is 10.8. The lowest BCUT2D eigenvalue weighted by atomic mass is 10.3. The van der Waals surface area contributed by atoms with Crippen LogP contribution in [0.4, 0.5) is 0 Å². The van der Waals surface area contributed by atoms with Crippen molar-refractivity contribution in [2.24, 2.45) is 0 Å². The van der Waals surface area contributed by atoms with Crippen LogP contribution >= 0.6 is 11.3 Å². The quantitative estimate of drug-likeness (QED) is 0.851. The highest BCUT2D eigenvalue weighted by Crippen LogP contribution is 2.19. The van der Waals surface area contributed by atoms with Gasteiger partial charge in [-0.05, 0) is 38.9 Å². The summed E-state index contributed by atoms with van der Waals surface area (Å²) in [7, 11) is 1.91. The molecule has 0 saturated heterocycles. The van der Waals surface area contributed by atoms with Crippen molar-refractivity contribution in [3.63, 3.8) is 0 Å². The van der Waals surface area contributed by atoms with Crippen molar-refractivity contribution in [3.05, 3.63) is 39.6 Å². The zero-order chi connectivity index (χ0) is 14.4. The average Bonchev–Trinajstić information content (AvgIpc) is 2.86. The molecular weight excluding hydrogens is 270 g/mol. The summed E-state index contributed by atoms with van der Waals surface area (Å²) in [6.45, 7) is 5.36. The van der Waals surface area contributed by atoms with E-state index in [2.05, 4.69) is 27.6 Å². The molecule has 2 heterocycles.